The minimum absolute atomic E-state index is 0.0838. The van der Waals surface area contributed by atoms with Gasteiger partial charge in [0.25, 0.3) is 0 Å². The highest BCUT2D eigenvalue weighted by Crippen LogP contribution is 2.33. The molecule has 2 aromatic carbocycles. The Morgan fingerprint density at radius 3 is 2.58 bits per heavy atom. The number of aromatic nitrogens is 1. The molecule has 0 spiro atoms. The summed E-state index contributed by atoms with van der Waals surface area (Å²) in [5, 5.41) is 4.24. The first-order valence-electron chi connectivity index (χ1n) is 8.15. The molecule has 1 aromatic heterocycles. The number of nitrogens with zero attached hydrogens (tertiary/aromatic N) is 1. The number of halogens is 1. The smallest absolute Gasteiger partial charge is 0.217 e. The summed E-state index contributed by atoms with van der Waals surface area (Å²) in [5.41, 5.74) is 1.63. The number of pyridine rings is 1. The molecule has 26 heavy (non-hydrogen) atoms. The van der Waals surface area contributed by atoms with Gasteiger partial charge in [-0.3, -0.25) is 9.78 Å². The summed E-state index contributed by atoms with van der Waals surface area (Å²) in [6, 6.07) is 14.6. The van der Waals surface area contributed by atoms with Crippen LogP contribution < -0.4 is 14.8 Å². The molecule has 5 nitrogen and oxygen atoms in total. The maximum Gasteiger partial charge on any atom is 0.217 e. The molecule has 0 bridgehead atoms. The summed E-state index contributed by atoms with van der Waals surface area (Å²) in [7, 11) is 1.59. The normalized spacial score (nSPS) is 11.8. The number of nitrogens with one attached hydrogen (secondary N) is 1. The Labute approximate surface area is 156 Å². The van der Waals surface area contributed by atoms with E-state index in [1.165, 1.54) is 6.92 Å². The van der Waals surface area contributed by atoms with E-state index in [4.69, 9.17) is 21.1 Å². The Balaban J connectivity index is 1.84. The predicted octanol–water partition coefficient (Wildman–Crippen LogP) is 4.89. The van der Waals surface area contributed by atoms with Crippen LogP contribution in [0.5, 0.6) is 17.2 Å². The zero-order valence-electron chi connectivity index (χ0n) is 14.7. The molecule has 0 saturated carbocycles. The van der Waals surface area contributed by atoms with Gasteiger partial charge in [-0.05, 0) is 43.3 Å². The molecule has 1 unspecified atom stereocenters. The highest BCUT2D eigenvalue weighted by atomic mass is 35.5. The van der Waals surface area contributed by atoms with Crippen LogP contribution in [-0.2, 0) is 4.79 Å². The van der Waals surface area contributed by atoms with E-state index >= 15 is 0 Å². The van der Waals surface area contributed by atoms with Crippen molar-refractivity contribution in [2.45, 2.75) is 19.9 Å². The van der Waals surface area contributed by atoms with Crippen molar-refractivity contribution in [3.63, 3.8) is 0 Å². The predicted molar refractivity (Wildman–Crippen MR) is 102 cm³/mol. The quantitative estimate of drug-likeness (QED) is 0.694. The van der Waals surface area contributed by atoms with E-state index in [1.54, 1.807) is 25.3 Å². The van der Waals surface area contributed by atoms with Crippen molar-refractivity contribution in [1.82, 2.24) is 10.3 Å². The highest BCUT2D eigenvalue weighted by molar-refractivity contribution is 6.32. The van der Waals surface area contributed by atoms with Crippen LogP contribution in [0.1, 0.15) is 25.6 Å². The lowest BCUT2D eigenvalue weighted by Gasteiger charge is -2.13. The minimum Gasteiger partial charge on any atom is -0.497 e. The number of methoxy groups -OCH3 is 1. The van der Waals surface area contributed by atoms with Crippen LogP contribution in [0.2, 0.25) is 5.02 Å². The number of benzene rings is 2. The Morgan fingerprint density at radius 1 is 1.12 bits per heavy atom. The Morgan fingerprint density at radius 2 is 1.88 bits per heavy atom. The molecule has 1 amide bonds. The fourth-order valence-electron chi connectivity index (χ4n) is 2.62. The van der Waals surface area contributed by atoms with Crippen molar-refractivity contribution in [3.05, 3.63) is 59.2 Å². The Kier molecular flexibility index (Phi) is 5.28. The van der Waals surface area contributed by atoms with Gasteiger partial charge in [0.15, 0.2) is 0 Å². The second kappa shape index (κ2) is 7.62. The molecule has 1 heterocycles. The summed E-state index contributed by atoms with van der Waals surface area (Å²) in [6.45, 7) is 3.39. The van der Waals surface area contributed by atoms with Crippen LogP contribution in [0.15, 0.2) is 48.5 Å². The summed E-state index contributed by atoms with van der Waals surface area (Å²) in [5.74, 6) is 1.80. The number of carbonyl (C=O) groups excluding carboxylic acids is 1. The lowest BCUT2D eigenvalue weighted by Crippen LogP contribution is -2.24. The molecule has 1 N–H and O–H groups in total. The average molecular weight is 371 g/mol. The van der Waals surface area contributed by atoms with Crippen molar-refractivity contribution in [2.75, 3.05) is 7.11 Å². The lowest BCUT2D eigenvalue weighted by atomic mass is 10.1. The van der Waals surface area contributed by atoms with E-state index in [-0.39, 0.29) is 11.9 Å². The number of ether oxygens (including phenoxy) is 2. The molecule has 0 saturated heterocycles. The molecule has 0 fully saturated rings. The number of hydrogen-bond acceptors (Lipinski definition) is 4. The molecule has 3 rings (SSSR count). The zero-order chi connectivity index (χ0) is 18.7. The summed E-state index contributed by atoms with van der Waals surface area (Å²) >= 11 is 6.22. The van der Waals surface area contributed by atoms with Crippen LogP contribution in [0.3, 0.4) is 0 Å². The van der Waals surface area contributed by atoms with E-state index in [1.807, 2.05) is 37.3 Å². The van der Waals surface area contributed by atoms with E-state index in [0.717, 1.165) is 16.6 Å². The lowest BCUT2D eigenvalue weighted by molar-refractivity contribution is -0.119. The van der Waals surface area contributed by atoms with Crippen molar-refractivity contribution >= 4 is 28.4 Å². The second-order valence-electron chi connectivity index (χ2n) is 5.91. The third-order valence-corrected chi connectivity index (χ3v) is 4.21. The van der Waals surface area contributed by atoms with Crippen molar-refractivity contribution in [2.24, 2.45) is 0 Å². The molecule has 1 atom stereocenters. The number of carbonyl (C=O) groups is 1. The van der Waals surface area contributed by atoms with Crippen LogP contribution >= 0.6 is 11.6 Å². The molecule has 0 aliphatic rings. The Bertz CT molecular complexity index is 959. The van der Waals surface area contributed by atoms with Crippen LogP contribution in [-0.4, -0.2) is 18.0 Å². The molecule has 3 aromatic rings. The van der Waals surface area contributed by atoms with Crippen molar-refractivity contribution in [3.8, 4) is 17.2 Å². The molecule has 0 aliphatic carbocycles. The SMILES string of the molecule is COc1ccc(Oc2ccc3nc(C(C)NC(C)=O)ccc3c2)c(Cl)c1. The fourth-order valence-corrected chi connectivity index (χ4v) is 2.83. The van der Waals surface area contributed by atoms with Gasteiger partial charge in [-0.25, -0.2) is 0 Å². The third kappa shape index (κ3) is 4.06. The van der Waals surface area contributed by atoms with Crippen LogP contribution in [0.25, 0.3) is 10.9 Å². The van der Waals surface area contributed by atoms with Gasteiger partial charge >= 0.3 is 0 Å². The van der Waals surface area contributed by atoms with E-state index < -0.39 is 0 Å². The van der Waals surface area contributed by atoms with Gasteiger partial charge in [-0.1, -0.05) is 17.7 Å². The number of fused-ring (bicyclic) bond motifs is 1. The Hall–Kier alpha value is -2.79. The molecule has 6 heteroatoms. The van der Waals surface area contributed by atoms with E-state index in [9.17, 15) is 4.79 Å². The van der Waals surface area contributed by atoms with Gasteiger partial charge in [0.2, 0.25) is 5.91 Å². The first-order valence-corrected chi connectivity index (χ1v) is 8.53. The third-order valence-electron chi connectivity index (χ3n) is 3.91. The summed E-state index contributed by atoms with van der Waals surface area (Å²) in [6.07, 6.45) is 0. The molecular formula is C20H19ClN2O3. The number of hydrogen-bond donors (Lipinski definition) is 1. The van der Waals surface area contributed by atoms with Gasteiger partial charge in [0, 0.05) is 18.4 Å². The maximum atomic E-state index is 11.2. The largest absolute Gasteiger partial charge is 0.497 e. The standard InChI is InChI=1S/C20H19ClN2O3/c1-12(22-13(2)24)18-7-4-14-10-16(5-8-19(14)23-18)26-20-9-6-15(25-3)11-17(20)21/h4-12H,1-3H3,(H,22,24). The first kappa shape index (κ1) is 18.0. The van der Waals surface area contributed by atoms with Crippen LogP contribution in [0, 0.1) is 0 Å². The van der Waals surface area contributed by atoms with E-state index in [2.05, 4.69) is 10.3 Å². The van der Waals surface area contributed by atoms with Crippen molar-refractivity contribution < 1.29 is 14.3 Å². The van der Waals surface area contributed by atoms with Gasteiger partial charge in [0.1, 0.15) is 17.2 Å². The zero-order valence-corrected chi connectivity index (χ0v) is 15.5. The summed E-state index contributed by atoms with van der Waals surface area (Å²) in [4.78, 5) is 15.8. The average Bonchev–Trinajstić information content (AvgIpc) is 2.62. The number of amides is 1. The van der Waals surface area contributed by atoms with Gasteiger partial charge < -0.3 is 14.8 Å². The summed E-state index contributed by atoms with van der Waals surface area (Å²) < 4.78 is 11.0. The molecule has 0 radical (unpaired) electrons. The topological polar surface area (TPSA) is 60.5 Å². The monoisotopic (exact) mass is 370 g/mol. The first-order chi connectivity index (χ1) is 12.5. The molecule has 134 valence electrons. The minimum atomic E-state index is -0.147. The van der Waals surface area contributed by atoms with E-state index in [0.29, 0.717) is 22.3 Å². The maximum absolute atomic E-state index is 11.2. The second-order valence-corrected chi connectivity index (χ2v) is 6.32. The number of rotatable bonds is 5. The van der Waals surface area contributed by atoms with Crippen molar-refractivity contribution in [1.29, 1.82) is 0 Å². The van der Waals surface area contributed by atoms with Gasteiger partial charge in [0.05, 0.1) is 29.4 Å². The highest BCUT2D eigenvalue weighted by Gasteiger charge is 2.10. The van der Waals surface area contributed by atoms with Crippen LogP contribution in [0.4, 0.5) is 0 Å². The van der Waals surface area contributed by atoms with Gasteiger partial charge in [-0.2, -0.15) is 0 Å². The van der Waals surface area contributed by atoms with Gasteiger partial charge in [-0.15, -0.1) is 0 Å². The molecular weight excluding hydrogens is 352 g/mol. The fraction of sp³-hybridized carbons (Fsp3) is 0.200. The molecule has 0 aliphatic heterocycles.